The lowest BCUT2D eigenvalue weighted by atomic mass is 9.83. The zero-order valence-electron chi connectivity index (χ0n) is 14.8. The summed E-state index contributed by atoms with van der Waals surface area (Å²) >= 11 is 0. The van der Waals surface area contributed by atoms with Gasteiger partial charge in [-0.3, -0.25) is 4.79 Å². The number of amides is 1. The van der Waals surface area contributed by atoms with E-state index in [1.54, 1.807) is 13.2 Å². The molecule has 0 saturated heterocycles. The van der Waals surface area contributed by atoms with Gasteiger partial charge in [0.1, 0.15) is 11.5 Å². The van der Waals surface area contributed by atoms with Crippen LogP contribution in [0.5, 0.6) is 23.0 Å². The number of aromatic hydroxyl groups is 1. The molecule has 0 aliphatic carbocycles. The monoisotopic (exact) mass is 355 g/mol. The first-order valence-electron chi connectivity index (χ1n) is 8.67. The molecule has 0 fully saturated rings. The average Bonchev–Trinajstić information content (AvgIpc) is 2.86. The van der Waals surface area contributed by atoms with Crippen molar-refractivity contribution in [3.63, 3.8) is 0 Å². The van der Waals surface area contributed by atoms with Crippen LogP contribution in [-0.4, -0.2) is 31.3 Å². The fourth-order valence-electron chi connectivity index (χ4n) is 3.54. The predicted molar refractivity (Wildman–Crippen MR) is 96.5 cm³/mol. The number of fused-ring (bicyclic) bond motifs is 2. The lowest BCUT2D eigenvalue weighted by molar-refractivity contribution is -0.116. The molecule has 1 amide bonds. The second kappa shape index (κ2) is 6.44. The third-order valence-electron chi connectivity index (χ3n) is 4.88. The molecule has 2 aliphatic heterocycles. The zero-order valence-corrected chi connectivity index (χ0v) is 14.8. The van der Waals surface area contributed by atoms with E-state index in [4.69, 9.17) is 14.2 Å². The van der Waals surface area contributed by atoms with Gasteiger partial charge in [-0.2, -0.15) is 0 Å². The molecule has 1 unspecified atom stereocenters. The minimum Gasteiger partial charge on any atom is -0.508 e. The van der Waals surface area contributed by atoms with E-state index in [-0.39, 0.29) is 17.6 Å². The Labute approximate surface area is 151 Å². The number of hydrogen-bond donors (Lipinski definition) is 2. The predicted octanol–water partition coefficient (Wildman–Crippen LogP) is 3.34. The standard InChI is InChI=1S/C20H21NO5/c1-11-6-13-12(8-20(23)21-15(13)9-16(11)22)14-7-18-19(10-17(14)24-2)26-5-3-4-25-18/h6-7,9-10,12,22H,3-5,8H2,1-2H3,(H,21,23). The van der Waals surface area contributed by atoms with E-state index in [1.807, 2.05) is 25.1 Å². The molecule has 0 aromatic heterocycles. The summed E-state index contributed by atoms with van der Waals surface area (Å²) in [5.41, 5.74) is 3.22. The molecule has 2 heterocycles. The van der Waals surface area contributed by atoms with Crippen LogP contribution < -0.4 is 19.5 Å². The maximum Gasteiger partial charge on any atom is 0.225 e. The Kier molecular flexibility index (Phi) is 4.11. The number of carbonyl (C=O) groups excluding carboxylic acids is 1. The van der Waals surface area contributed by atoms with Gasteiger partial charge in [-0.1, -0.05) is 0 Å². The molecule has 26 heavy (non-hydrogen) atoms. The van der Waals surface area contributed by atoms with Crippen LogP contribution in [0.1, 0.15) is 35.4 Å². The normalized spacial score (nSPS) is 18.5. The fraction of sp³-hybridized carbons (Fsp3) is 0.350. The van der Waals surface area contributed by atoms with Crippen molar-refractivity contribution in [3.8, 4) is 23.0 Å². The van der Waals surface area contributed by atoms with Gasteiger partial charge in [0.05, 0.1) is 20.3 Å². The van der Waals surface area contributed by atoms with Gasteiger partial charge in [0.25, 0.3) is 0 Å². The Morgan fingerprint density at radius 2 is 1.85 bits per heavy atom. The molecule has 0 saturated carbocycles. The molecule has 2 aromatic carbocycles. The summed E-state index contributed by atoms with van der Waals surface area (Å²) in [7, 11) is 1.61. The number of hydrogen-bond acceptors (Lipinski definition) is 5. The number of nitrogens with one attached hydrogen (secondary N) is 1. The van der Waals surface area contributed by atoms with Gasteiger partial charge in [0.15, 0.2) is 11.5 Å². The molecule has 0 radical (unpaired) electrons. The number of phenols is 1. The molecule has 6 heteroatoms. The van der Waals surface area contributed by atoms with Gasteiger partial charge in [0, 0.05) is 42.1 Å². The number of benzene rings is 2. The number of methoxy groups -OCH3 is 1. The summed E-state index contributed by atoms with van der Waals surface area (Å²) < 4.78 is 17.2. The second-order valence-corrected chi connectivity index (χ2v) is 6.62. The summed E-state index contributed by atoms with van der Waals surface area (Å²) in [4.78, 5) is 12.3. The molecule has 2 aromatic rings. The molecule has 6 nitrogen and oxygen atoms in total. The van der Waals surface area contributed by atoms with E-state index in [0.29, 0.717) is 42.6 Å². The quantitative estimate of drug-likeness (QED) is 0.864. The summed E-state index contributed by atoms with van der Waals surface area (Å²) in [5.74, 6) is 1.86. The third-order valence-corrected chi connectivity index (χ3v) is 4.88. The Morgan fingerprint density at radius 3 is 2.58 bits per heavy atom. The minimum absolute atomic E-state index is 0.0973. The highest BCUT2D eigenvalue weighted by atomic mass is 16.5. The first-order valence-corrected chi connectivity index (χ1v) is 8.67. The van der Waals surface area contributed by atoms with Crippen LogP contribution in [0.3, 0.4) is 0 Å². The number of aryl methyl sites for hydroxylation is 1. The van der Waals surface area contributed by atoms with Crippen LogP contribution in [-0.2, 0) is 4.79 Å². The SMILES string of the molecule is COc1cc2c(cc1C1CC(=O)Nc3cc(O)c(C)cc31)OCCCO2. The average molecular weight is 355 g/mol. The summed E-state index contributed by atoms with van der Waals surface area (Å²) in [6, 6.07) is 7.26. The summed E-state index contributed by atoms with van der Waals surface area (Å²) in [5, 5.41) is 12.8. The number of carbonyl (C=O) groups is 1. The van der Waals surface area contributed by atoms with E-state index in [9.17, 15) is 9.90 Å². The maximum atomic E-state index is 12.3. The highest BCUT2D eigenvalue weighted by molar-refractivity contribution is 5.96. The topological polar surface area (TPSA) is 77.0 Å². The van der Waals surface area contributed by atoms with Crippen LogP contribution in [0.4, 0.5) is 5.69 Å². The maximum absolute atomic E-state index is 12.3. The first kappa shape index (κ1) is 16.6. The van der Waals surface area contributed by atoms with Crippen molar-refractivity contribution in [2.45, 2.75) is 25.7 Å². The van der Waals surface area contributed by atoms with E-state index in [0.717, 1.165) is 23.1 Å². The van der Waals surface area contributed by atoms with Gasteiger partial charge in [0.2, 0.25) is 5.91 Å². The largest absolute Gasteiger partial charge is 0.508 e. The number of phenolic OH excluding ortho intramolecular Hbond substituents is 1. The first-order chi connectivity index (χ1) is 12.6. The van der Waals surface area contributed by atoms with Crippen molar-refractivity contribution < 1.29 is 24.1 Å². The van der Waals surface area contributed by atoms with E-state index >= 15 is 0 Å². The van der Waals surface area contributed by atoms with Crippen molar-refractivity contribution in [3.05, 3.63) is 41.0 Å². The number of anilines is 1. The van der Waals surface area contributed by atoms with Crippen LogP contribution in [0.15, 0.2) is 24.3 Å². The van der Waals surface area contributed by atoms with Crippen LogP contribution >= 0.6 is 0 Å². The molecule has 0 spiro atoms. The Balaban J connectivity index is 1.86. The number of ether oxygens (including phenoxy) is 3. The highest BCUT2D eigenvalue weighted by Gasteiger charge is 2.31. The summed E-state index contributed by atoms with van der Waals surface area (Å²) in [6.45, 7) is 3.03. The Hall–Kier alpha value is -2.89. The molecule has 2 N–H and O–H groups in total. The van der Waals surface area contributed by atoms with Crippen LogP contribution in [0.25, 0.3) is 0 Å². The van der Waals surface area contributed by atoms with Gasteiger partial charge in [-0.05, 0) is 30.2 Å². The van der Waals surface area contributed by atoms with Crippen molar-refractivity contribution in [2.75, 3.05) is 25.6 Å². The van der Waals surface area contributed by atoms with Crippen molar-refractivity contribution in [2.24, 2.45) is 0 Å². The van der Waals surface area contributed by atoms with E-state index < -0.39 is 0 Å². The van der Waals surface area contributed by atoms with Crippen LogP contribution in [0.2, 0.25) is 0 Å². The fourth-order valence-corrected chi connectivity index (χ4v) is 3.54. The molecule has 136 valence electrons. The van der Waals surface area contributed by atoms with E-state index in [1.165, 1.54) is 0 Å². The van der Waals surface area contributed by atoms with Gasteiger partial charge >= 0.3 is 0 Å². The molecule has 4 rings (SSSR count). The lowest BCUT2D eigenvalue weighted by Gasteiger charge is -2.28. The zero-order chi connectivity index (χ0) is 18.3. The van der Waals surface area contributed by atoms with Crippen molar-refractivity contribution in [1.82, 2.24) is 0 Å². The van der Waals surface area contributed by atoms with Crippen molar-refractivity contribution in [1.29, 1.82) is 0 Å². The second-order valence-electron chi connectivity index (χ2n) is 6.62. The molecule has 2 aliphatic rings. The Bertz CT molecular complexity index is 877. The minimum atomic E-state index is -0.190. The molecular weight excluding hydrogens is 334 g/mol. The number of rotatable bonds is 2. The van der Waals surface area contributed by atoms with Crippen LogP contribution in [0, 0.1) is 6.92 Å². The smallest absolute Gasteiger partial charge is 0.225 e. The van der Waals surface area contributed by atoms with E-state index in [2.05, 4.69) is 5.32 Å². The molecule has 0 bridgehead atoms. The van der Waals surface area contributed by atoms with Gasteiger partial charge in [-0.15, -0.1) is 0 Å². The molecule has 1 atom stereocenters. The molecular formula is C20H21NO5. The third kappa shape index (κ3) is 2.81. The lowest BCUT2D eigenvalue weighted by Crippen LogP contribution is -2.24. The van der Waals surface area contributed by atoms with Gasteiger partial charge < -0.3 is 24.6 Å². The summed E-state index contributed by atoms with van der Waals surface area (Å²) in [6.07, 6.45) is 1.12. The van der Waals surface area contributed by atoms with Gasteiger partial charge in [-0.25, -0.2) is 0 Å². The Morgan fingerprint density at radius 1 is 1.12 bits per heavy atom. The highest BCUT2D eigenvalue weighted by Crippen LogP contribution is 2.46. The van der Waals surface area contributed by atoms with Crippen molar-refractivity contribution >= 4 is 11.6 Å².